The van der Waals surface area contributed by atoms with Gasteiger partial charge >= 0.3 is 0 Å². The van der Waals surface area contributed by atoms with Crippen LogP contribution in [0.2, 0.25) is 0 Å². The highest BCUT2D eigenvalue weighted by molar-refractivity contribution is 5.78. The third kappa shape index (κ3) is 5.21. The summed E-state index contributed by atoms with van der Waals surface area (Å²) in [5.41, 5.74) is 0. The number of hydrogen-bond donors (Lipinski definition) is 5. The summed E-state index contributed by atoms with van der Waals surface area (Å²) in [7, 11) is 0. The van der Waals surface area contributed by atoms with Gasteiger partial charge in [-0.05, 0) is 0 Å². The van der Waals surface area contributed by atoms with Gasteiger partial charge in [0.25, 0.3) is 0 Å². The quantitative estimate of drug-likeness (QED) is 0.308. The number of aliphatic hydroxyl groups excluding tert-OH is 3. The highest BCUT2D eigenvalue weighted by atomic mass is 16.3. The van der Waals surface area contributed by atoms with E-state index in [2.05, 4.69) is 10.6 Å². The summed E-state index contributed by atoms with van der Waals surface area (Å²) in [6, 6.07) is -2.56. The Balaban J connectivity index is 4.89. The summed E-state index contributed by atoms with van der Waals surface area (Å²) >= 11 is 0. The van der Waals surface area contributed by atoms with Gasteiger partial charge in [-0.3, -0.25) is 9.59 Å². The Morgan fingerprint density at radius 3 is 2.00 bits per heavy atom. The largest absolute Gasteiger partial charge is 0.394 e. The molecule has 0 aromatic rings. The van der Waals surface area contributed by atoms with Crippen molar-refractivity contribution in [2.45, 2.75) is 38.1 Å². The topological polar surface area (TPSA) is 136 Å². The van der Waals surface area contributed by atoms with Crippen molar-refractivity contribution in [3.63, 3.8) is 0 Å². The summed E-state index contributed by atoms with van der Waals surface area (Å²) in [5, 5.41) is 32.5. The van der Waals surface area contributed by atoms with Gasteiger partial charge in [-0.2, -0.15) is 0 Å². The van der Waals surface area contributed by atoms with E-state index in [1.54, 1.807) is 0 Å². The Morgan fingerprint density at radius 2 is 1.67 bits per heavy atom. The first-order valence-electron chi connectivity index (χ1n) is 5.30. The van der Waals surface area contributed by atoms with E-state index >= 15 is 0 Å². The molecule has 0 rings (SSSR count). The van der Waals surface area contributed by atoms with Gasteiger partial charge in [0, 0.05) is 13.8 Å². The number of carbonyl (C=O) groups is 3. The van der Waals surface area contributed by atoms with Crippen molar-refractivity contribution in [3.05, 3.63) is 0 Å². The molecule has 0 saturated heterocycles. The van der Waals surface area contributed by atoms with Crippen LogP contribution in [0.25, 0.3) is 0 Å². The van der Waals surface area contributed by atoms with Crippen molar-refractivity contribution in [2.75, 3.05) is 6.61 Å². The summed E-state index contributed by atoms with van der Waals surface area (Å²) in [5.74, 6) is -1.11. The first-order chi connectivity index (χ1) is 8.33. The lowest BCUT2D eigenvalue weighted by Gasteiger charge is -2.30. The molecule has 0 aliphatic carbocycles. The normalized spacial score (nSPS) is 17.2. The number of carbonyl (C=O) groups excluding carboxylic acids is 3. The molecular weight excluding hydrogens is 244 g/mol. The van der Waals surface area contributed by atoms with Crippen LogP contribution < -0.4 is 10.6 Å². The molecule has 0 aliphatic rings. The number of aldehydes is 1. The maximum atomic E-state index is 10.9. The fourth-order valence-corrected chi connectivity index (χ4v) is 1.42. The molecule has 4 unspecified atom stereocenters. The minimum absolute atomic E-state index is 0.283. The molecule has 0 bridgehead atoms. The van der Waals surface area contributed by atoms with Gasteiger partial charge < -0.3 is 30.7 Å². The van der Waals surface area contributed by atoms with Crippen molar-refractivity contribution >= 4 is 18.1 Å². The SMILES string of the molecule is CC(=O)NC(C=O)C(O)C(NC(C)=O)C(O)CO. The molecule has 0 saturated carbocycles. The zero-order chi connectivity index (χ0) is 14.3. The summed E-state index contributed by atoms with van der Waals surface area (Å²) in [6.45, 7) is 1.59. The van der Waals surface area contributed by atoms with Crippen LogP contribution in [0, 0.1) is 0 Å². The zero-order valence-corrected chi connectivity index (χ0v) is 10.2. The van der Waals surface area contributed by atoms with Gasteiger partial charge in [0.1, 0.15) is 18.4 Å². The Hall–Kier alpha value is -1.51. The van der Waals surface area contributed by atoms with Crippen molar-refractivity contribution in [3.8, 4) is 0 Å². The van der Waals surface area contributed by atoms with E-state index in [0.29, 0.717) is 0 Å². The molecule has 0 aliphatic heterocycles. The van der Waals surface area contributed by atoms with Gasteiger partial charge in [0.2, 0.25) is 11.8 Å². The van der Waals surface area contributed by atoms with Crippen LogP contribution in [0.1, 0.15) is 13.8 Å². The predicted octanol–water partition coefficient (Wildman–Crippen LogP) is -3.09. The van der Waals surface area contributed by atoms with Crippen molar-refractivity contribution in [2.24, 2.45) is 0 Å². The number of hydrogen-bond acceptors (Lipinski definition) is 6. The van der Waals surface area contributed by atoms with E-state index in [-0.39, 0.29) is 6.29 Å². The molecule has 5 N–H and O–H groups in total. The highest BCUT2D eigenvalue weighted by Crippen LogP contribution is 2.04. The second-order valence-corrected chi connectivity index (χ2v) is 3.83. The Morgan fingerprint density at radius 1 is 1.17 bits per heavy atom. The van der Waals surface area contributed by atoms with Crippen LogP contribution in [-0.4, -0.2) is 64.3 Å². The molecule has 0 fully saturated rings. The number of amides is 2. The van der Waals surface area contributed by atoms with Crippen LogP contribution in [0.15, 0.2) is 0 Å². The number of nitrogens with one attached hydrogen (secondary N) is 2. The monoisotopic (exact) mass is 262 g/mol. The van der Waals surface area contributed by atoms with E-state index in [1.165, 1.54) is 0 Å². The maximum Gasteiger partial charge on any atom is 0.217 e. The standard InChI is InChI=1S/C10H18N2O6/c1-5(15)11-7(3-13)10(18)9(8(17)4-14)12-6(2)16/h3,7-10,14,17-18H,4H2,1-2H3,(H,11,15)(H,12,16). The number of aliphatic hydroxyl groups is 3. The van der Waals surface area contributed by atoms with E-state index < -0.39 is 42.7 Å². The minimum atomic E-state index is -1.56. The molecule has 0 aromatic heterocycles. The van der Waals surface area contributed by atoms with Gasteiger partial charge in [0.05, 0.1) is 18.8 Å². The fourth-order valence-electron chi connectivity index (χ4n) is 1.42. The van der Waals surface area contributed by atoms with Crippen LogP contribution >= 0.6 is 0 Å². The van der Waals surface area contributed by atoms with Crippen molar-refractivity contribution in [1.82, 2.24) is 10.6 Å². The maximum absolute atomic E-state index is 10.9. The highest BCUT2D eigenvalue weighted by Gasteiger charge is 2.33. The third-order valence-corrected chi connectivity index (χ3v) is 2.22. The average Bonchev–Trinajstić information content (AvgIpc) is 2.30. The van der Waals surface area contributed by atoms with Crippen LogP contribution in [-0.2, 0) is 14.4 Å². The molecule has 0 heterocycles. The first kappa shape index (κ1) is 16.5. The molecule has 0 radical (unpaired) electrons. The summed E-state index contributed by atoms with van der Waals surface area (Å²) < 4.78 is 0. The third-order valence-electron chi connectivity index (χ3n) is 2.22. The summed E-state index contributed by atoms with van der Waals surface area (Å²) in [4.78, 5) is 32.5. The van der Waals surface area contributed by atoms with E-state index in [1.807, 2.05) is 0 Å². The van der Waals surface area contributed by atoms with Gasteiger partial charge in [-0.1, -0.05) is 0 Å². The van der Waals surface area contributed by atoms with Gasteiger partial charge in [-0.25, -0.2) is 0 Å². The van der Waals surface area contributed by atoms with Crippen molar-refractivity contribution in [1.29, 1.82) is 0 Å². The van der Waals surface area contributed by atoms with Crippen LogP contribution in [0.5, 0.6) is 0 Å². The lowest BCUT2D eigenvalue weighted by molar-refractivity contribution is -0.127. The summed E-state index contributed by atoms with van der Waals surface area (Å²) in [6.07, 6.45) is -2.73. The van der Waals surface area contributed by atoms with Crippen LogP contribution in [0.4, 0.5) is 0 Å². The lowest BCUT2D eigenvalue weighted by atomic mass is 9.99. The Bertz CT molecular complexity index is 309. The van der Waals surface area contributed by atoms with Gasteiger partial charge in [0.15, 0.2) is 0 Å². The molecular formula is C10H18N2O6. The molecule has 18 heavy (non-hydrogen) atoms. The number of rotatable bonds is 7. The van der Waals surface area contributed by atoms with Gasteiger partial charge in [-0.15, -0.1) is 0 Å². The smallest absolute Gasteiger partial charge is 0.217 e. The molecule has 0 aromatic carbocycles. The van der Waals surface area contributed by atoms with E-state index in [9.17, 15) is 24.6 Å². The molecule has 8 heteroatoms. The van der Waals surface area contributed by atoms with E-state index in [0.717, 1.165) is 13.8 Å². The fraction of sp³-hybridized carbons (Fsp3) is 0.700. The minimum Gasteiger partial charge on any atom is -0.394 e. The Labute approximate surface area is 104 Å². The second-order valence-electron chi connectivity index (χ2n) is 3.83. The Kier molecular flexibility index (Phi) is 7.10. The molecule has 8 nitrogen and oxygen atoms in total. The molecule has 2 amide bonds. The molecule has 104 valence electrons. The van der Waals surface area contributed by atoms with Crippen molar-refractivity contribution < 1.29 is 29.7 Å². The van der Waals surface area contributed by atoms with Crippen LogP contribution in [0.3, 0.4) is 0 Å². The first-order valence-corrected chi connectivity index (χ1v) is 5.30. The predicted molar refractivity (Wildman–Crippen MR) is 60.4 cm³/mol. The van der Waals surface area contributed by atoms with E-state index in [4.69, 9.17) is 5.11 Å². The average molecular weight is 262 g/mol. The second kappa shape index (κ2) is 7.75. The molecule has 4 atom stereocenters. The molecule has 0 spiro atoms. The zero-order valence-electron chi connectivity index (χ0n) is 10.2. The lowest BCUT2D eigenvalue weighted by Crippen LogP contribution is -2.59.